The van der Waals surface area contributed by atoms with Gasteiger partial charge in [0, 0.05) is 11.1 Å². The minimum absolute atomic E-state index is 0.149. The molecule has 18 heavy (non-hydrogen) atoms. The normalized spacial score (nSPS) is 10.8. The number of aliphatic carboxylic acids is 1. The topological polar surface area (TPSA) is 156 Å². The summed E-state index contributed by atoms with van der Waals surface area (Å²) in [7, 11) is 0. The van der Waals surface area contributed by atoms with Crippen molar-refractivity contribution in [3.05, 3.63) is 35.4 Å². The zero-order valence-electron chi connectivity index (χ0n) is 9.88. The minimum atomic E-state index is -0.963. The first kappa shape index (κ1) is 15.6. The van der Waals surface area contributed by atoms with Gasteiger partial charge in [0.15, 0.2) is 0 Å². The van der Waals surface area contributed by atoms with Gasteiger partial charge in [-0.05, 0) is 13.0 Å². The molecule has 0 fully saturated rings. The van der Waals surface area contributed by atoms with Crippen LogP contribution in [-0.4, -0.2) is 28.9 Å². The Labute approximate surface area is 104 Å². The molecule has 1 aromatic carbocycles. The Balaban J connectivity index is 0.000000411. The van der Waals surface area contributed by atoms with Gasteiger partial charge in [-0.2, -0.15) is 0 Å². The molecule has 0 aliphatic carbocycles. The monoisotopic (exact) mass is 252 g/mol. The molecule has 1 aromatic rings. The number of rotatable bonds is 3. The SMILES string of the molecule is CC(N)C(=O)O.N=C(N)c1ccccc1C(N)=O. The molecule has 8 N–H and O–H groups in total. The van der Waals surface area contributed by atoms with Crippen molar-refractivity contribution >= 4 is 17.7 Å². The van der Waals surface area contributed by atoms with Crippen molar-refractivity contribution in [2.45, 2.75) is 13.0 Å². The van der Waals surface area contributed by atoms with Crippen molar-refractivity contribution in [1.82, 2.24) is 0 Å². The van der Waals surface area contributed by atoms with E-state index in [2.05, 4.69) is 0 Å². The summed E-state index contributed by atoms with van der Waals surface area (Å²) in [4.78, 5) is 20.4. The minimum Gasteiger partial charge on any atom is -0.480 e. The van der Waals surface area contributed by atoms with Gasteiger partial charge in [-0.3, -0.25) is 15.0 Å². The van der Waals surface area contributed by atoms with E-state index in [1.54, 1.807) is 24.3 Å². The standard InChI is InChI=1S/C8H9N3O.C3H7NO2/c9-7(10)5-3-1-2-4-6(5)8(11)12;1-2(4)3(5)6/h1-4H,(H3,9,10)(H2,11,12);2H,4H2,1H3,(H,5,6). The molecule has 0 spiro atoms. The van der Waals surface area contributed by atoms with Crippen LogP contribution in [0.5, 0.6) is 0 Å². The van der Waals surface area contributed by atoms with Gasteiger partial charge in [0.05, 0.1) is 0 Å². The Bertz CT molecular complexity index is 424. The van der Waals surface area contributed by atoms with Crippen LogP contribution in [0.2, 0.25) is 0 Å². The van der Waals surface area contributed by atoms with Gasteiger partial charge in [-0.25, -0.2) is 0 Å². The largest absolute Gasteiger partial charge is 0.480 e. The van der Waals surface area contributed by atoms with Gasteiger partial charge in [0.2, 0.25) is 5.91 Å². The number of benzene rings is 1. The van der Waals surface area contributed by atoms with Crippen LogP contribution in [0.1, 0.15) is 22.8 Å². The van der Waals surface area contributed by atoms with E-state index in [0.717, 1.165) is 0 Å². The van der Waals surface area contributed by atoms with E-state index in [4.69, 9.17) is 27.7 Å². The molecule has 1 rings (SSSR count). The van der Waals surface area contributed by atoms with E-state index < -0.39 is 17.9 Å². The number of nitrogens with one attached hydrogen (secondary N) is 1. The maximum atomic E-state index is 10.8. The van der Waals surface area contributed by atoms with Crippen molar-refractivity contribution in [3.8, 4) is 0 Å². The maximum Gasteiger partial charge on any atom is 0.320 e. The number of carboxylic acid groups (broad SMARTS) is 1. The lowest BCUT2D eigenvalue weighted by Gasteiger charge is -2.02. The summed E-state index contributed by atoms with van der Waals surface area (Å²) < 4.78 is 0. The van der Waals surface area contributed by atoms with Crippen LogP contribution in [0.25, 0.3) is 0 Å². The molecule has 7 heteroatoms. The van der Waals surface area contributed by atoms with Crippen molar-refractivity contribution in [1.29, 1.82) is 5.41 Å². The molecule has 0 aliphatic rings. The molecule has 0 aromatic heterocycles. The van der Waals surface area contributed by atoms with Crippen LogP contribution in [0.15, 0.2) is 24.3 Å². The van der Waals surface area contributed by atoms with Crippen LogP contribution in [0.3, 0.4) is 0 Å². The molecule has 1 amide bonds. The lowest BCUT2D eigenvalue weighted by molar-refractivity contribution is -0.138. The smallest absolute Gasteiger partial charge is 0.320 e. The van der Waals surface area contributed by atoms with Gasteiger partial charge >= 0.3 is 5.97 Å². The third-order valence-electron chi connectivity index (χ3n) is 1.87. The zero-order chi connectivity index (χ0) is 14.3. The van der Waals surface area contributed by atoms with Gasteiger partial charge in [0.1, 0.15) is 11.9 Å². The first-order valence-electron chi connectivity index (χ1n) is 4.99. The Kier molecular flexibility index (Phi) is 6.08. The number of hydrogen-bond donors (Lipinski definition) is 5. The fraction of sp³-hybridized carbons (Fsp3) is 0.182. The summed E-state index contributed by atoms with van der Waals surface area (Å²) in [5.74, 6) is -1.68. The number of amidine groups is 1. The first-order valence-corrected chi connectivity index (χ1v) is 4.99. The average Bonchev–Trinajstić information content (AvgIpc) is 2.29. The van der Waals surface area contributed by atoms with Crippen molar-refractivity contribution in [2.75, 3.05) is 0 Å². The maximum absolute atomic E-state index is 10.8. The van der Waals surface area contributed by atoms with Crippen LogP contribution < -0.4 is 17.2 Å². The second-order valence-electron chi connectivity index (χ2n) is 3.45. The number of carbonyl (C=O) groups is 2. The predicted molar refractivity (Wildman–Crippen MR) is 67.3 cm³/mol. The highest BCUT2D eigenvalue weighted by molar-refractivity contribution is 6.06. The summed E-state index contributed by atoms with van der Waals surface area (Å²) >= 11 is 0. The van der Waals surface area contributed by atoms with E-state index in [-0.39, 0.29) is 11.4 Å². The Morgan fingerprint density at radius 3 is 1.83 bits per heavy atom. The van der Waals surface area contributed by atoms with Crippen molar-refractivity contribution < 1.29 is 14.7 Å². The van der Waals surface area contributed by atoms with E-state index >= 15 is 0 Å². The quantitative estimate of drug-likeness (QED) is 0.361. The number of carbonyl (C=O) groups excluding carboxylic acids is 1. The van der Waals surface area contributed by atoms with E-state index in [9.17, 15) is 9.59 Å². The zero-order valence-corrected chi connectivity index (χ0v) is 9.88. The lowest BCUT2D eigenvalue weighted by Crippen LogP contribution is -2.25. The first-order chi connectivity index (χ1) is 8.27. The van der Waals surface area contributed by atoms with Crippen LogP contribution in [-0.2, 0) is 4.79 Å². The van der Waals surface area contributed by atoms with Crippen LogP contribution >= 0.6 is 0 Å². The summed E-state index contributed by atoms with van der Waals surface area (Å²) in [6, 6.07) is 5.77. The second-order valence-corrected chi connectivity index (χ2v) is 3.45. The molecule has 0 radical (unpaired) electrons. The highest BCUT2D eigenvalue weighted by Crippen LogP contribution is 2.06. The van der Waals surface area contributed by atoms with Crippen molar-refractivity contribution in [3.63, 3.8) is 0 Å². The lowest BCUT2D eigenvalue weighted by atomic mass is 10.1. The van der Waals surface area contributed by atoms with Gasteiger partial charge in [0.25, 0.3) is 0 Å². The molecule has 98 valence electrons. The van der Waals surface area contributed by atoms with E-state index in [1.807, 2.05) is 0 Å². The molecule has 0 bridgehead atoms. The van der Waals surface area contributed by atoms with Crippen molar-refractivity contribution in [2.24, 2.45) is 17.2 Å². The highest BCUT2D eigenvalue weighted by atomic mass is 16.4. The molecule has 1 unspecified atom stereocenters. The molecule has 0 aliphatic heterocycles. The summed E-state index contributed by atoms with van der Waals surface area (Å²) in [6.45, 7) is 1.42. The van der Waals surface area contributed by atoms with Crippen LogP contribution in [0, 0.1) is 5.41 Å². The van der Waals surface area contributed by atoms with E-state index in [1.165, 1.54) is 6.92 Å². The molecular weight excluding hydrogens is 236 g/mol. The number of nitrogens with two attached hydrogens (primary N) is 3. The molecular formula is C11H16N4O3. The van der Waals surface area contributed by atoms with Gasteiger partial charge < -0.3 is 22.3 Å². The third-order valence-corrected chi connectivity index (χ3v) is 1.87. The fourth-order valence-corrected chi connectivity index (χ4v) is 0.933. The van der Waals surface area contributed by atoms with Crippen LogP contribution in [0.4, 0.5) is 0 Å². The Hall–Kier alpha value is -2.41. The highest BCUT2D eigenvalue weighted by Gasteiger charge is 2.07. The summed E-state index contributed by atoms with van der Waals surface area (Å²) in [6.07, 6.45) is 0. The van der Waals surface area contributed by atoms with Gasteiger partial charge in [-0.15, -0.1) is 0 Å². The molecule has 0 saturated heterocycles. The molecule has 0 heterocycles. The average molecular weight is 252 g/mol. The number of hydrogen-bond acceptors (Lipinski definition) is 4. The second kappa shape index (κ2) is 7.02. The summed E-state index contributed by atoms with van der Waals surface area (Å²) in [5.41, 5.74) is 15.8. The Morgan fingerprint density at radius 1 is 1.22 bits per heavy atom. The molecule has 0 saturated carbocycles. The molecule has 7 nitrogen and oxygen atoms in total. The molecule has 1 atom stereocenters. The number of nitrogen functional groups attached to an aromatic ring is 1. The summed E-state index contributed by atoms with van der Waals surface area (Å²) in [5, 5.41) is 15.0. The van der Waals surface area contributed by atoms with Gasteiger partial charge in [-0.1, -0.05) is 18.2 Å². The number of carboxylic acids is 1. The predicted octanol–water partition coefficient (Wildman–Crippen LogP) is -0.512. The number of primary amides is 1. The number of amides is 1. The third kappa shape index (κ3) is 5.08. The van der Waals surface area contributed by atoms with E-state index in [0.29, 0.717) is 5.56 Å². The fourth-order valence-electron chi connectivity index (χ4n) is 0.933. The Morgan fingerprint density at radius 2 is 1.61 bits per heavy atom.